The van der Waals surface area contributed by atoms with Crippen LogP contribution < -0.4 is 0 Å². The van der Waals surface area contributed by atoms with Crippen molar-refractivity contribution < 1.29 is 9.50 Å². The van der Waals surface area contributed by atoms with E-state index in [9.17, 15) is 9.50 Å². The van der Waals surface area contributed by atoms with E-state index in [1.807, 2.05) is 12.1 Å². The van der Waals surface area contributed by atoms with Crippen LogP contribution in [0.2, 0.25) is 5.02 Å². The minimum Gasteiger partial charge on any atom is -0.392 e. The molecule has 3 rings (SSSR count). The summed E-state index contributed by atoms with van der Waals surface area (Å²) < 4.78 is 13.3. The number of aliphatic hydroxyl groups is 1. The van der Waals surface area contributed by atoms with Gasteiger partial charge in [-0.3, -0.25) is 4.98 Å². The maximum atomic E-state index is 13.3. The number of pyridine rings is 1. The second-order valence-electron chi connectivity index (χ2n) is 4.48. The van der Waals surface area contributed by atoms with Crippen molar-refractivity contribution in [2.24, 2.45) is 0 Å². The van der Waals surface area contributed by atoms with Gasteiger partial charge in [0.1, 0.15) is 5.82 Å². The molecule has 2 aromatic carbocycles. The van der Waals surface area contributed by atoms with Crippen molar-refractivity contribution in [2.45, 2.75) is 6.61 Å². The highest BCUT2D eigenvalue weighted by Gasteiger charge is 2.11. The van der Waals surface area contributed by atoms with Crippen LogP contribution in [0.25, 0.3) is 21.9 Å². The summed E-state index contributed by atoms with van der Waals surface area (Å²) in [6, 6.07) is 9.95. The van der Waals surface area contributed by atoms with E-state index in [0.29, 0.717) is 10.6 Å². The van der Waals surface area contributed by atoms with Gasteiger partial charge in [-0.05, 0) is 34.7 Å². The molecule has 100 valence electrons. The molecule has 0 amide bonds. The largest absolute Gasteiger partial charge is 0.392 e. The first-order valence-electron chi connectivity index (χ1n) is 6.12. The second kappa shape index (κ2) is 5.19. The van der Waals surface area contributed by atoms with Crippen LogP contribution in [0.15, 0.2) is 48.8 Å². The maximum absolute atomic E-state index is 13.3. The lowest BCUT2D eigenvalue weighted by Crippen LogP contribution is -1.93. The van der Waals surface area contributed by atoms with E-state index in [0.717, 1.165) is 21.9 Å². The summed E-state index contributed by atoms with van der Waals surface area (Å²) in [6.07, 6.45) is 3.40. The van der Waals surface area contributed by atoms with Crippen molar-refractivity contribution in [3.63, 3.8) is 0 Å². The summed E-state index contributed by atoms with van der Waals surface area (Å²) in [5.41, 5.74) is 2.11. The Balaban J connectivity index is 2.33. The number of aromatic nitrogens is 1. The number of hydrogen-bond donors (Lipinski definition) is 1. The van der Waals surface area contributed by atoms with Crippen LogP contribution in [0.5, 0.6) is 0 Å². The Morgan fingerprint density at radius 3 is 2.70 bits per heavy atom. The van der Waals surface area contributed by atoms with Crippen molar-refractivity contribution in [1.82, 2.24) is 4.98 Å². The standard InChI is InChI=1S/C16H11ClFNO/c17-16-3-1-2-13-14(7-19-8-15(13)16)12-5-4-11(18)6-10(12)9-20/h1-8,20H,9H2. The summed E-state index contributed by atoms with van der Waals surface area (Å²) in [4.78, 5) is 4.19. The fourth-order valence-corrected chi connectivity index (χ4v) is 2.55. The molecule has 2 nitrogen and oxygen atoms in total. The molecule has 0 aliphatic rings. The fraction of sp³-hybridized carbons (Fsp3) is 0.0625. The van der Waals surface area contributed by atoms with Crippen molar-refractivity contribution in [1.29, 1.82) is 0 Å². The molecule has 1 N–H and O–H groups in total. The first-order valence-corrected chi connectivity index (χ1v) is 6.50. The molecule has 0 atom stereocenters. The van der Waals surface area contributed by atoms with Gasteiger partial charge in [-0.25, -0.2) is 4.39 Å². The minimum atomic E-state index is -0.371. The topological polar surface area (TPSA) is 33.1 Å². The molecule has 3 aromatic rings. The lowest BCUT2D eigenvalue weighted by atomic mass is 9.97. The molecule has 4 heteroatoms. The average molecular weight is 288 g/mol. The molecule has 0 spiro atoms. The molecule has 0 saturated carbocycles. The Morgan fingerprint density at radius 1 is 1.05 bits per heavy atom. The summed E-state index contributed by atoms with van der Waals surface area (Å²) in [6.45, 7) is -0.232. The van der Waals surface area contributed by atoms with Gasteiger partial charge in [-0.15, -0.1) is 0 Å². The highest BCUT2D eigenvalue weighted by molar-refractivity contribution is 6.35. The average Bonchev–Trinajstić information content (AvgIpc) is 2.47. The zero-order chi connectivity index (χ0) is 14.1. The van der Waals surface area contributed by atoms with E-state index in [-0.39, 0.29) is 12.4 Å². The van der Waals surface area contributed by atoms with Gasteiger partial charge in [0, 0.05) is 28.4 Å². The third-order valence-electron chi connectivity index (χ3n) is 3.28. The monoisotopic (exact) mass is 287 g/mol. The number of halogens is 2. The molecule has 1 heterocycles. The molecule has 0 unspecified atom stereocenters. The van der Waals surface area contributed by atoms with Crippen LogP contribution in [-0.2, 0) is 6.61 Å². The molecule has 0 bridgehead atoms. The lowest BCUT2D eigenvalue weighted by molar-refractivity contribution is 0.282. The van der Waals surface area contributed by atoms with Gasteiger partial charge in [-0.1, -0.05) is 29.8 Å². The summed E-state index contributed by atoms with van der Waals surface area (Å²) in [7, 11) is 0. The predicted molar refractivity (Wildman–Crippen MR) is 78.1 cm³/mol. The van der Waals surface area contributed by atoms with Gasteiger partial charge < -0.3 is 5.11 Å². The number of fused-ring (bicyclic) bond motifs is 1. The van der Waals surface area contributed by atoms with Crippen molar-refractivity contribution in [3.8, 4) is 11.1 Å². The first-order chi connectivity index (χ1) is 9.70. The Kier molecular flexibility index (Phi) is 3.38. The van der Waals surface area contributed by atoms with Crippen LogP contribution >= 0.6 is 11.6 Å². The lowest BCUT2D eigenvalue weighted by Gasteiger charge is -2.11. The van der Waals surface area contributed by atoms with E-state index in [1.54, 1.807) is 24.5 Å². The highest BCUT2D eigenvalue weighted by Crippen LogP contribution is 2.33. The Morgan fingerprint density at radius 2 is 1.90 bits per heavy atom. The number of nitrogens with zero attached hydrogens (tertiary/aromatic N) is 1. The molecular weight excluding hydrogens is 277 g/mol. The van der Waals surface area contributed by atoms with Crippen LogP contribution in [0.4, 0.5) is 4.39 Å². The fourth-order valence-electron chi connectivity index (χ4n) is 2.33. The maximum Gasteiger partial charge on any atom is 0.123 e. The van der Waals surface area contributed by atoms with Gasteiger partial charge in [-0.2, -0.15) is 0 Å². The zero-order valence-corrected chi connectivity index (χ0v) is 11.2. The minimum absolute atomic E-state index is 0.232. The van der Waals surface area contributed by atoms with E-state index < -0.39 is 0 Å². The normalized spacial score (nSPS) is 10.9. The summed E-state index contributed by atoms with van der Waals surface area (Å²) in [5.74, 6) is -0.371. The number of aliphatic hydroxyl groups excluding tert-OH is 1. The van der Waals surface area contributed by atoms with Crippen molar-refractivity contribution >= 4 is 22.4 Å². The number of rotatable bonds is 2. The Bertz CT molecular complexity index is 789. The van der Waals surface area contributed by atoms with Gasteiger partial charge in [0.25, 0.3) is 0 Å². The number of benzene rings is 2. The van der Waals surface area contributed by atoms with E-state index in [1.165, 1.54) is 12.1 Å². The molecule has 0 aliphatic heterocycles. The van der Waals surface area contributed by atoms with E-state index in [2.05, 4.69) is 4.98 Å². The molecular formula is C16H11ClFNO. The quantitative estimate of drug-likeness (QED) is 0.767. The Labute approximate surface area is 120 Å². The third kappa shape index (κ3) is 2.15. The third-order valence-corrected chi connectivity index (χ3v) is 3.61. The van der Waals surface area contributed by atoms with E-state index >= 15 is 0 Å². The van der Waals surface area contributed by atoms with Crippen molar-refractivity contribution in [3.05, 3.63) is 65.2 Å². The number of hydrogen-bond acceptors (Lipinski definition) is 2. The van der Waals surface area contributed by atoms with Gasteiger partial charge in [0.05, 0.1) is 6.61 Å². The summed E-state index contributed by atoms with van der Waals surface area (Å²) >= 11 is 6.17. The molecule has 0 aliphatic carbocycles. The summed E-state index contributed by atoms with van der Waals surface area (Å²) in [5, 5.41) is 11.8. The molecule has 0 fully saturated rings. The SMILES string of the molecule is OCc1cc(F)ccc1-c1cncc2c(Cl)cccc12. The van der Waals surface area contributed by atoms with E-state index in [4.69, 9.17) is 11.6 Å². The molecule has 1 aromatic heterocycles. The van der Waals surface area contributed by atoms with Crippen LogP contribution in [0.1, 0.15) is 5.56 Å². The van der Waals surface area contributed by atoms with Crippen molar-refractivity contribution in [2.75, 3.05) is 0 Å². The van der Waals surface area contributed by atoms with Crippen LogP contribution in [0.3, 0.4) is 0 Å². The van der Waals surface area contributed by atoms with Crippen LogP contribution in [0, 0.1) is 5.82 Å². The highest BCUT2D eigenvalue weighted by atomic mass is 35.5. The predicted octanol–water partition coefficient (Wildman–Crippen LogP) is 4.19. The zero-order valence-electron chi connectivity index (χ0n) is 10.5. The van der Waals surface area contributed by atoms with Gasteiger partial charge in [0.2, 0.25) is 0 Å². The Hall–Kier alpha value is -1.97. The molecule has 20 heavy (non-hydrogen) atoms. The van der Waals surface area contributed by atoms with Crippen LogP contribution in [-0.4, -0.2) is 10.1 Å². The van der Waals surface area contributed by atoms with Gasteiger partial charge in [0.15, 0.2) is 0 Å². The second-order valence-corrected chi connectivity index (χ2v) is 4.89. The molecule has 0 radical (unpaired) electrons. The molecule has 0 saturated heterocycles. The van der Waals surface area contributed by atoms with Gasteiger partial charge >= 0.3 is 0 Å². The first kappa shape index (κ1) is 13.0. The smallest absolute Gasteiger partial charge is 0.123 e.